The Morgan fingerprint density at radius 2 is 1.96 bits per heavy atom. The van der Waals surface area contributed by atoms with Crippen LogP contribution in [-0.4, -0.2) is 20.7 Å². The molecule has 0 radical (unpaired) electrons. The summed E-state index contributed by atoms with van der Waals surface area (Å²) in [5.41, 5.74) is 8.34. The van der Waals surface area contributed by atoms with Gasteiger partial charge < -0.3 is 10.7 Å². The second-order valence-corrected chi connectivity index (χ2v) is 6.11. The van der Waals surface area contributed by atoms with Gasteiger partial charge in [-0.1, -0.05) is 25.3 Å². The maximum Gasteiger partial charge on any atom is 0.176 e. The normalized spacial score (nSPS) is 12.8. The predicted octanol–water partition coefficient (Wildman–Crippen LogP) is 4.19. The monoisotopic (exact) mass is 336 g/mol. The lowest BCUT2D eigenvalue weighted by atomic mass is 10.1. The number of H-pyrrole nitrogens is 1. The highest BCUT2D eigenvalue weighted by atomic mass is 19.1. The quantitative estimate of drug-likeness (QED) is 0.539. The Bertz CT molecular complexity index is 1080. The van der Waals surface area contributed by atoms with Crippen molar-refractivity contribution < 1.29 is 9.18 Å². The molecular formula is C19H17FN4O. The SMILES string of the molecule is C1CC1.Nc1nc2c(F)cc(-c3ccc4[nH]ccc4c3)cn2c1C=O. The van der Waals surface area contributed by atoms with Gasteiger partial charge in [-0.15, -0.1) is 0 Å². The molecule has 0 atom stereocenters. The van der Waals surface area contributed by atoms with E-state index in [1.165, 1.54) is 29.7 Å². The fourth-order valence-corrected chi connectivity index (χ4v) is 2.65. The standard InChI is InChI=1S/C16H11FN4O.C3H6/c17-12-6-11(7-21-14(8-22)15(18)20-16(12)21)9-1-2-13-10(5-9)3-4-19-13;1-2-3-1/h1-8,19H,18H2;1-3H2. The van der Waals surface area contributed by atoms with Crippen molar-refractivity contribution in [2.24, 2.45) is 0 Å². The molecule has 1 aromatic carbocycles. The third kappa shape index (κ3) is 2.87. The Labute approximate surface area is 143 Å². The van der Waals surface area contributed by atoms with Gasteiger partial charge in [0.15, 0.2) is 23.6 Å². The fourth-order valence-electron chi connectivity index (χ4n) is 2.65. The number of nitrogens with two attached hydrogens (primary N) is 1. The molecule has 0 bridgehead atoms. The largest absolute Gasteiger partial charge is 0.382 e. The van der Waals surface area contributed by atoms with Crippen LogP contribution < -0.4 is 5.73 Å². The first-order chi connectivity index (χ1) is 12.2. The molecule has 4 aromatic rings. The van der Waals surface area contributed by atoms with Crippen molar-refractivity contribution in [1.82, 2.24) is 14.4 Å². The van der Waals surface area contributed by atoms with Gasteiger partial charge in [0.25, 0.3) is 0 Å². The number of hydrogen-bond donors (Lipinski definition) is 2. The first-order valence-corrected chi connectivity index (χ1v) is 8.17. The van der Waals surface area contributed by atoms with E-state index in [0.29, 0.717) is 11.8 Å². The first kappa shape index (κ1) is 15.4. The van der Waals surface area contributed by atoms with Gasteiger partial charge >= 0.3 is 0 Å². The average Bonchev–Trinajstić information content (AvgIpc) is 3.35. The van der Waals surface area contributed by atoms with Crippen LogP contribution in [0.2, 0.25) is 0 Å². The van der Waals surface area contributed by atoms with Crippen LogP contribution in [-0.2, 0) is 0 Å². The zero-order chi connectivity index (χ0) is 17.4. The molecule has 3 aromatic heterocycles. The number of rotatable bonds is 2. The summed E-state index contributed by atoms with van der Waals surface area (Å²) in [6.07, 6.45) is 8.59. The average molecular weight is 336 g/mol. The number of carbonyl (C=O) groups is 1. The Hall–Kier alpha value is -3.15. The number of nitrogen functional groups attached to an aromatic ring is 1. The highest BCUT2D eigenvalue weighted by Gasteiger charge is 2.14. The molecule has 5 nitrogen and oxygen atoms in total. The molecule has 6 heteroatoms. The van der Waals surface area contributed by atoms with Crippen molar-refractivity contribution in [3.8, 4) is 11.1 Å². The van der Waals surface area contributed by atoms with Gasteiger partial charge in [-0.2, -0.15) is 0 Å². The number of hydrogen-bond acceptors (Lipinski definition) is 3. The van der Waals surface area contributed by atoms with E-state index in [0.717, 1.165) is 16.5 Å². The molecule has 1 saturated carbocycles. The Morgan fingerprint density at radius 3 is 2.68 bits per heavy atom. The summed E-state index contributed by atoms with van der Waals surface area (Å²) in [5.74, 6) is -0.501. The summed E-state index contributed by atoms with van der Waals surface area (Å²) in [6, 6.07) is 9.10. The molecule has 0 unspecified atom stereocenters. The van der Waals surface area contributed by atoms with Crippen LogP contribution in [0.5, 0.6) is 0 Å². The van der Waals surface area contributed by atoms with Crippen LogP contribution in [0, 0.1) is 5.82 Å². The Kier molecular flexibility index (Phi) is 3.72. The van der Waals surface area contributed by atoms with Gasteiger partial charge in [-0.25, -0.2) is 9.37 Å². The second kappa shape index (κ2) is 6.05. The number of aldehydes is 1. The lowest BCUT2D eigenvalue weighted by Gasteiger charge is -2.05. The third-order valence-corrected chi connectivity index (χ3v) is 4.09. The highest BCUT2D eigenvalue weighted by molar-refractivity contribution is 5.86. The van der Waals surface area contributed by atoms with Gasteiger partial charge in [-0.05, 0) is 35.2 Å². The van der Waals surface area contributed by atoms with Crippen molar-refractivity contribution in [2.45, 2.75) is 19.3 Å². The third-order valence-electron chi connectivity index (χ3n) is 4.09. The van der Waals surface area contributed by atoms with Crippen LogP contribution in [0.1, 0.15) is 29.8 Å². The topological polar surface area (TPSA) is 76.2 Å². The van der Waals surface area contributed by atoms with Gasteiger partial charge in [0.05, 0.1) is 0 Å². The van der Waals surface area contributed by atoms with Gasteiger partial charge in [0, 0.05) is 23.5 Å². The molecule has 1 aliphatic rings. The van der Waals surface area contributed by atoms with E-state index in [2.05, 4.69) is 9.97 Å². The van der Waals surface area contributed by atoms with Gasteiger partial charge in [-0.3, -0.25) is 9.20 Å². The van der Waals surface area contributed by atoms with E-state index in [1.54, 1.807) is 6.20 Å². The van der Waals surface area contributed by atoms with Crippen LogP contribution in [0.15, 0.2) is 42.7 Å². The Morgan fingerprint density at radius 1 is 1.16 bits per heavy atom. The number of fused-ring (bicyclic) bond motifs is 2. The van der Waals surface area contributed by atoms with E-state index in [4.69, 9.17) is 5.73 Å². The number of imidazole rings is 1. The summed E-state index contributed by atoms with van der Waals surface area (Å²) >= 11 is 0. The molecule has 0 spiro atoms. The summed E-state index contributed by atoms with van der Waals surface area (Å²) in [5, 5.41) is 1.03. The summed E-state index contributed by atoms with van der Waals surface area (Å²) in [7, 11) is 0. The minimum atomic E-state index is -0.522. The van der Waals surface area contributed by atoms with E-state index in [9.17, 15) is 9.18 Å². The number of nitrogens with one attached hydrogen (secondary N) is 1. The Balaban J connectivity index is 0.000000474. The van der Waals surface area contributed by atoms with E-state index < -0.39 is 5.82 Å². The van der Waals surface area contributed by atoms with Crippen molar-refractivity contribution >= 4 is 28.7 Å². The first-order valence-electron chi connectivity index (χ1n) is 8.17. The van der Waals surface area contributed by atoms with Crippen molar-refractivity contribution in [1.29, 1.82) is 0 Å². The van der Waals surface area contributed by atoms with E-state index in [1.807, 2.05) is 30.5 Å². The molecule has 5 rings (SSSR count). The second-order valence-electron chi connectivity index (χ2n) is 6.11. The number of pyridine rings is 1. The molecular weight excluding hydrogens is 319 g/mol. The van der Waals surface area contributed by atoms with Gasteiger partial charge in [0.2, 0.25) is 0 Å². The molecule has 0 amide bonds. The van der Waals surface area contributed by atoms with Crippen molar-refractivity contribution in [3.63, 3.8) is 0 Å². The molecule has 25 heavy (non-hydrogen) atoms. The van der Waals surface area contributed by atoms with Crippen LogP contribution in [0.3, 0.4) is 0 Å². The molecule has 0 saturated heterocycles. The van der Waals surface area contributed by atoms with Crippen LogP contribution >= 0.6 is 0 Å². The minimum absolute atomic E-state index is 0.0205. The highest BCUT2D eigenvalue weighted by Crippen LogP contribution is 2.27. The zero-order valence-electron chi connectivity index (χ0n) is 13.5. The summed E-state index contributed by atoms with van der Waals surface area (Å²) in [4.78, 5) is 18.1. The predicted molar refractivity (Wildman–Crippen MR) is 96.1 cm³/mol. The number of nitrogens with zero attached hydrogens (tertiary/aromatic N) is 2. The molecule has 3 N–H and O–H groups in total. The minimum Gasteiger partial charge on any atom is -0.382 e. The lowest BCUT2D eigenvalue weighted by molar-refractivity contribution is 0.111. The molecule has 0 aliphatic heterocycles. The number of aromatic nitrogens is 3. The van der Waals surface area contributed by atoms with Crippen LogP contribution in [0.4, 0.5) is 10.2 Å². The molecule has 3 heterocycles. The van der Waals surface area contributed by atoms with Crippen molar-refractivity contribution in [3.05, 3.63) is 54.2 Å². The molecule has 1 fully saturated rings. The van der Waals surface area contributed by atoms with E-state index >= 15 is 0 Å². The summed E-state index contributed by atoms with van der Waals surface area (Å²) in [6.45, 7) is 0. The maximum atomic E-state index is 14.3. The van der Waals surface area contributed by atoms with E-state index in [-0.39, 0.29) is 17.2 Å². The molecule has 126 valence electrons. The van der Waals surface area contributed by atoms with Crippen LogP contribution in [0.25, 0.3) is 27.7 Å². The smallest absolute Gasteiger partial charge is 0.176 e. The zero-order valence-corrected chi connectivity index (χ0v) is 13.5. The fraction of sp³-hybridized carbons (Fsp3) is 0.158. The lowest BCUT2D eigenvalue weighted by Crippen LogP contribution is -1.96. The number of halogens is 1. The van der Waals surface area contributed by atoms with Crippen molar-refractivity contribution in [2.75, 3.05) is 5.73 Å². The number of benzene rings is 1. The van der Waals surface area contributed by atoms with Gasteiger partial charge in [0.1, 0.15) is 5.69 Å². The summed E-state index contributed by atoms with van der Waals surface area (Å²) < 4.78 is 15.6. The number of anilines is 1. The molecule has 1 aliphatic carbocycles. The maximum absolute atomic E-state index is 14.3. The number of aromatic amines is 1. The number of carbonyl (C=O) groups excluding carboxylic acids is 1.